The van der Waals surface area contributed by atoms with Crippen molar-refractivity contribution < 1.29 is 0 Å². The summed E-state index contributed by atoms with van der Waals surface area (Å²) in [5, 5.41) is 2.66. The summed E-state index contributed by atoms with van der Waals surface area (Å²) < 4.78 is 3.78. The molecule has 3 nitrogen and oxygen atoms in total. The lowest BCUT2D eigenvalue weighted by molar-refractivity contribution is 0.448. The maximum Gasteiger partial charge on any atom is 0.169 e. The molecule has 3 atom stereocenters. The van der Waals surface area contributed by atoms with Gasteiger partial charge >= 0.3 is 0 Å². The summed E-state index contributed by atoms with van der Waals surface area (Å²) in [7, 11) is 0. The monoisotopic (exact) mass is 777 g/mol. The molecule has 0 amide bonds. The van der Waals surface area contributed by atoms with E-state index >= 15 is 0 Å². The van der Waals surface area contributed by atoms with Crippen molar-refractivity contribution in [3.8, 4) is 11.4 Å². The van der Waals surface area contributed by atoms with Gasteiger partial charge in [-0.3, -0.25) is 0 Å². The quantitative estimate of drug-likeness (QED) is 0.132. The molecular formula is C45H36IN3S. The van der Waals surface area contributed by atoms with Gasteiger partial charge in [0.05, 0.1) is 8.99 Å². The van der Waals surface area contributed by atoms with E-state index in [-0.39, 0.29) is 17.3 Å². The van der Waals surface area contributed by atoms with Crippen LogP contribution in [0.15, 0.2) is 154 Å². The average Bonchev–Trinajstić information content (AvgIpc) is 3.46. The van der Waals surface area contributed by atoms with Gasteiger partial charge in [-0.05, 0) is 70.0 Å². The van der Waals surface area contributed by atoms with E-state index in [1.165, 1.54) is 57.6 Å². The highest BCUT2D eigenvalue weighted by molar-refractivity contribution is 14.2. The molecule has 0 radical (unpaired) electrons. The van der Waals surface area contributed by atoms with Gasteiger partial charge in [-0.15, -0.1) is 0 Å². The number of benzene rings is 4. The van der Waals surface area contributed by atoms with Crippen LogP contribution < -0.4 is 0 Å². The fourth-order valence-corrected chi connectivity index (χ4v) is 11.8. The molecule has 50 heavy (non-hydrogen) atoms. The van der Waals surface area contributed by atoms with E-state index in [9.17, 15) is 0 Å². The third-order valence-electron chi connectivity index (χ3n) is 10.5. The second-order valence-corrected chi connectivity index (χ2v) is 16.9. The number of nitrogens with zero attached hydrogens (tertiary/aromatic N) is 3. The van der Waals surface area contributed by atoms with Crippen molar-refractivity contribution in [2.24, 2.45) is 5.92 Å². The van der Waals surface area contributed by atoms with Gasteiger partial charge < -0.3 is 0 Å². The standard InChI is InChI=1S/C45H36IN3S/c1-4-28(2)12-11-19-41-47-43(31-22-20-29(3)21-23-31)49-44(48-41)38-26-37-40(27-46-38)50-39-18-10-9-17-35(39)45(37)34-16-8-7-15-33(34)42-32-14-6-5-13-30(32)24-25-36(42)45/h4-18,20-27,33-34H,19H2,1-3H3/b12-11-,28-4-. The summed E-state index contributed by atoms with van der Waals surface area (Å²) in [6.45, 7) is 6.30. The van der Waals surface area contributed by atoms with Crippen LogP contribution in [-0.2, 0) is 11.8 Å². The number of aromatic nitrogens is 3. The number of halogens is 1. The van der Waals surface area contributed by atoms with Crippen molar-refractivity contribution >= 4 is 50.9 Å². The molecule has 0 bridgehead atoms. The van der Waals surface area contributed by atoms with E-state index in [1.807, 2.05) is 11.8 Å². The molecule has 3 unspecified atom stereocenters. The van der Waals surface area contributed by atoms with E-state index in [1.54, 1.807) is 0 Å². The zero-order valence-corrected chi connectivity index (χ0v) is 31.2. The van der Waals surface area contributed by atoms with Crippen molar-refractivity contribution in [3.05, 3.63) is 183 Å². The maximum absolute atomic E-state index is 5.21. The van der Waals surface area contributed by atoms with E-state index in [0.29, 0.717) is 6.42 Å². The van der Waals surface area contributed by atoms with Gasteiger partial charge in [-0.2, -0.15) is 0 Å². The van der Waals surface area contributed by atoms with Crippen LogP contribution in [0.1, 0.15) is 53.7 Å². The summed E-state index contributed by atoms with van der Waals surface area (Å²) in [5.41, 5.74) is 8.80. The van der Waals surface area contributed by atoms with Gasteiger partial charge in [-0.1, -0.05) is 165 Å². The second kappa shape index (κ2) is 12.7. The van der Waals surface area contributed by atoms with Crippen LogP contribution >= 0.6 is 32.5 Å². The Labute approximate surface area is 308 Å². The molecule has 2 aliphatic carbocycles. The first-order valence-corrected chi connectivity index (χ1v) is 20.4. The predicted molar refractivity (Wildman–Crippen MR) is 219 cm³/mol. The smallest absolute Gasteiger partial charge is 0.169 e. The summed E-state index contributed by atoms with van der Waals surface area (Å²) in [5.74, 6) is 2.88. The lowest BCUT2D eigenvalue weighted by Crippen LogP contribution is -2.38. The highest BCUT2D eigenvalue weighted by atomic mass is 127. The number of hydrogen-bond acceptors (Lipinski definition) is 4. The Kier molecular flexibility index (Phi) is 8.00. The molecule has 1 aromatic heterocycles. The van der Waals surface area contributed by atoms with E-state index in [2.05, 4.69) is 158 Å². The molecule has 1 spiro atoms. The third-order valence-corrected chi connectivity index (χ3v) is 14.4. The summed E-state index contributed by atoms with van der Waals surface area (Å²) in [6.07, 6.45) is 19.0. The van der Waals surface area contributed by atoms with Crippen molar-refractivity contribution in [1.29, 1.82) is 0 Å². The molecule has 3 heterocycles. The number of hydrogen-bond donors (Lipinski definition) is 0. The zero-order valence-electron chi connectivity index (χ0n) is 28.3. The summed E-state index contributed by atoms with van der Waals surface area (Å²) in [6, 6.07) is 31.3. The Hall–Kier alpha value is -4.46. The average molecular weight is 778 g/mol. The fourth-order valence-electron chi connectivity index (χ4n) is 8.06. The van der Waals surface area contributed by atoms with Gasteiger partial charge in [0.1, 0.15) is 5.82 Å². The van der Waals surface area contributed by atoms with Crippen LogP contribution in [0.3, 0.4) is 0 Å². The number of fused-ring (bicyclic) bond motifs is 10. The molecule has 5 aromatic rings. The van der Waals surface area contributed by atoms with Crippen LogP contribution in [0.2, 0.25) is 0 Å². The normalized spacial score (nSPS) is 22.0. The zero-order chi connectivity index (χ0) is 33.8. The molecule has 5 heteroatoms. The van der Waals surface area contributed by atoms with Gasteiger partial charge in [-0.25, -0.2) is 15.0 Å². The number of thioether (sulfide) groups is 1. The Balaban J connectivity index is 1.26. The van der Waals surface area contributed by atoms with Crippen LogP contribution in [0.4, 0.5) is 0 Å². The Bertz CT molecular complexity index is 2430. The van der Waals surface area contributed by atoms with E-state index in [4.69, 9.17) is 15.0 Å². The van der Waals surface area contributed by atoms with Crippen LogP contribution in [-0.4, -0.2) is 19.0 Å². The highest BCUT2D eigenvalue weighted by Crippen LogP contribution is 2.66. The van der Waals surface area contributed by atoms with Crippen molar-refractivity contribution in [3.63, 3.8) is 0 Å². The second-order valence-electron chi connectivity index (χ2n) is 13.4. The summed E-state index contributed by atoms with van der Waals surface area (Å²) in [4.78, 5) is 18.1. The van der Waals surface area contributed by atoms with Crippen LogP contribution in [0.5, 0.6) is 0 Å². The van der Waals surface area contributed by atoms with Gasteiger partial charge in [0, 0.05) is 33.6 Å². The Morgan fingerprint density at radius 2 is 1.66 bits per heavy atom. The number of aryl methyl sites for hydroxylation is 1. The topological polar surface area (TPSA) is 38.7 Å². The summed E-state index contributed by atoms with van der Waals surface area (Å²) >= 11 is 1.44. The molecule has 0 fully saturated rings. The minimum Gasteiger partial charge on any atom is -0.213 e. The first-order chi connectivity index (χ1) is 24.5. The van der Waals surface area contributed by atoms with Crippen molar-refractivity contribution in [2.45, 2.75) is 43.4 Å². The van der Waals surface area contributed by atoms with Gasteiger partial charge in [0.2, 0.25) is 0 Å². The molecule has 0 N–H and O–H groups in total. The minimum absolute atomic E-state index is 0.250. The van der Waals surface area contributed by atoms with Crippen molar-refractivity contribution in [2.75, 3.05) is 0 Å². The van der Waals surface area contributed by atoms with Crippen LogP contribution in [0.25, 0.3) is 25.7 Å². The largest absolute Gasteiger partial charge is 0.213 e. The molecule has 9 rings (SSSR count). The molecule has 0 saturated heterocycles. The van der Waals surface area contributed by atoms with Crippen LogP contribution in [0, 0.1) is 12.8 Å². The van der Waals surface area contributed by atoms with E-state index < -0.39 is 20.7 Å². The lowest BCUT2D eigenvalue weighted by atomic mass is 9.62. The predicted octanol–water partition coefficient (Wildman–Crippen LogP) is 11.4. The van der Waals surface area contributed by atoms with Gasteiger partial charge in [0.15, 0.2) is 11.6 Å². The molecule has 244 valence electrons. The first-order valence-electron chi connectivity index (χ1n) is 17.2. The fraction of sp³-hybridized carbons (Fsp3) is 0.156. The first kappa shape index (κ1) is 31.5. The number of allylic oxidation sites excluding steroid dienone is 11. The van der Waals surface area contributed by atoms with Crippen molar-refractivity contribution in [1.82, 2.24) is 15.0 Å². The lowest BCUT2D eigenvalue weighted by Gasteiger charge is -2.44. The third kappa shape index (κ3) is 5.08. The Morgan fingerprint density at radius 3 is 2.54 bits per heavy atom. The van der Waals surface area contributed by atoms with E-state index in [0.717, 1.165) is 23.0 Å². The minimum atomic E-state index is -0.498. The molecular weight excluding hydrogens is 741 g/mol. The molecule has 0 saturated carbocycles. The number of rotatable bonds is 5. The Morgan fingerprint density at radius 1 is 0.860 bits per heavy atom. The highest BCUT2D eigenvalue weighted by Gasteiger charge is 2.57. The maximum atomic E-state index is 5.21. The molecule has 4 aliphatic rings. The van der Waals surface area contributed by atoms with Gasteiger partial charge in [0.25, 0.3) is 0 Å². The SMILES string of the molecule is C/C=C(C)\C=C/Cc1nc(C2=CC3=C(C=I2)Sc2ccccc2C32c3ccc4ccccc4c3C3C=CC=CC32)nc(-c2ccc(C)cc2)n1. The molecule has 2 aliphatic heterocycles. The molecule has 4 aromatic carbocycles.